The number of amides is 1. The van der Waals surface area contributed by atoms with Gasteiger partial charge >= 0.3 is 6.09 Å². The van der Waals surface area contributed by atoms with Gasteiger partial charge in [0.2, 0.25) is 0 Å². The van der Waals surface area contributed by atoms with Crippen LogP contribution in [0.4, 0.5) is 4.79 Å². The maximum absolute atomic E-state index is 12.2. The van der Waals surface area contributed by atoms with E-state index in [9.17, 15) is 4.79 Å². The second-order valence-corrected chi connectivity index (χ2v) is 6.44. The third-order valence-corrected chi connectivity index (χ3v) is 5.08. The smallest absolute Gasteiger partial charge is 0.410 e. The van der Waals surface area contributed by atoms with Gasteiger partial charge < -0.3 is 9.64 Å². The van der Waals surface area contributed by atoms with E-state index in [2.05, 4.69) is 22.0 Å². The first-order valence-electron chi connectivity index (χ1n) is 7.06. The molecule has 22 heavy (non-hydrogen) atoms. The minimum absolute atomic E-state index is 0.287. The van der Waals surface area contributed by atoms with Gasteiger partial charge in [0.25, 0.3) is 0 Å². The molecule has 0 radical (unpaired) electrons. The third-order valence-electron chi connectivity index (χ3n) is 3.76. The van der Waals surface area contributed by atoms with Crippen molar-refractivity contribution in [1.82, 2.24) is 4.90 Å². The molecule has 0 saturated carbocycles. The fourth-order valence-electron chi connectivity index (χ4n) is 2.53. The number of fused-ring (bicyclic) bond motifs is 1. The van der Waals surface area contributed by atoms with Crippen molar-refractivity contribution in [2.45, 2.75) is 19.6 Å². The Labute approximate surface area is 143 Å². The van der Waals surface area contributed by atoms with Gasteiger partial charge in [-0.2, -0.15) is 0 Å². The van der Waals surface area contributed by atoms with Gasteiger partial charge in [0.15, 0.2) is 0 Å². The Bertz CT molecular complexity index is 691. The Morgan fingerprint density at radius 2 is 2.00 bits per heavy atom. The molecular weight excluding hydrogens is 366 g/mol. The summed E-state index contributed by atoms with van der Waals surface area (Å²) in [7, 11) is 0. The van der Waals surface area contributed by atoms with Gasteiger partial charge in [-0.05, 0) is 45.1 Å². The quantitative estimate of drug-likeness (QED) is 0.749. The van der Waals surface area contributed by atoms with Gasteiger partial charge in [-0.25, -0.2) is 4.79 Å². The van der Waals surface area contributed by atoms with E-state index < -0.39 is 0 Å². The first-order valence-corrected chi connectivity index (χ1v) is 8.23. The number of hydrogen-bond acceptors (Lipinski definition) is 2. The average Bonchev–Trinajstić information content (AvgIpc) is 2.57. The predicted octanol–water partition coefficient (Wildman–Crippen LogP) is 4.80. The number of carbonyl (C=O) groups excluding carboxylic acids is 1. The molecule has 5 heteroatoms. The monoisotopic (exact) mass is 379 g/mol. The molecule has 0 fully saturated rings. The van der Waals surface area contributed by atoms with Crippen molar-refractivity contribution in [3.05, 3.63) is 68.7 Å². The molecule has 0 aromatic heterocycles. The SMILES string of the molecule is O=C(OCc1ccccc1)N1CCc2ccc(Br)c(Cl)c2C1. The van der Waals surface area contributed by atoms with Crippen molar-refractivity contribution in [3.8, 4) is 0 Å². The number of ether oxygens (including phenoxy) is 1. The van der Waals surface area contributed by atoms with E-state index in [0.29, 0.717) is 18.1 Å². The zero-order valence-electron chi connectivity index (χ0n) is 11.9. The maximum Gasteiger partial charge on any atom is 0.410 e. The molecule has 114 valence electrons. The highest BCUT2D eigenvalue weighted by atomic mass is 79.9. The molecule has 3 rings (SSSR count). The molecule has 1 aliphatic rings. The van der Waals surface area contributed by atoms with Crippen LogP contribution in [0.1, 0.15) is 16.7 Å². The summed E-state index contributed by atoms with van der Waals surface area (Å²) in [5.41, 5.74) is 3.17. The van der Waals surface area contributed by atoms with E-state index in [0.717, 1.165) is 22.0 Å². The van der Waals surface area contributed by atoms with Crippen molar-refractivity contribution < 1.29 is 9.53 Å². The Morgan fingerprint density at radius 1 is 1.23 bits per heavy atom. The number of hydrogen-bond donors (Lipinski definition) is 0. The number of halogens is 2. The number of nitrogens with zero attached hydrogens (tertiary/aromatic N) is 1. The molecule has 0 saturated heterocycles. The molecule has 1 aliphatic heterocycles. The summed E-state index contributed by atoms with van der Waals surface area (Å²) >= 11 is 9.75. The summed E-state index contributed by atoms with van der Waals surface area (Å²) in [6, 6.07) is 13.7. The van der Waals surface area contributed by atoms with Gasteiger partial charge in [0.1, 0.15) is 6.61 Å². The Hall–Kier alpha value is -1.52. The third kappa shape index (κ3) is 3.28. The Morgan fingerprint density at radius 3 is 2.77 bits per heavy atom. The summed E-state index contributed by atoms with van der Waals surface area (Å²) in [6.07, 6.45) is 0.494. The van der Waals surface area contributed by atoms with E-state index in [1.165, 1.54) is 5.56 Å². The molecule has 0 aliphatic carbocycles. The van der Waals surface area contributed by atoms with Crippen LogP contribution in [0.5, 0.6) is 0 Å². The summed E-state index contributed by atoms with van der Waals surface area (Å²) in [6.45, 7) is 1.43. The normalized spacial score (nSPS) is 13.6. The summed E-state index contributed by atoms with van der Waals surface area (Å²) < 4.78 is 6.24. The molecule has 1 heterocycles. The fourth-order valence-corrected chi connectivity index (χ4v) is 3.15. The van der Waals surface area contributed by atoms with E-state index >= 15 is 0 Å². The summed E-state index contributed by atoms with van der Waals surface area (Å²) in [4.78, 5) is 13.9. The van der Waals surface area contributed by atoms with Crippen molar-refractivity contribution in [2.75, 3.05) is 6.54 Å². The van der Waals surface area contributed by atoms with Gasteiger partial charge in [-0.15, -0.1) is 0 Å². The average molecular weight is 381 g/mol. The standard InChI is InChI=1S/C17H15BrClNO2/c18-15-7-6-13-8-9-20(10-14(13)16(15)19)17(21)22-11-12-4-2-1-3-5-12/h1-7H,8-11H2. The second-order valence-electron chi connectivity index (χ2n) is 5.21. The van der Waals surface area contributed by atoms with E-state index in [4.69, 9.17) is 16.3 Å². The minimum atomic E-state index is -0.300. The Balaban J connectivity index is 1.66. The highest BCUT2D eigenvalue weighted by Crippen LogP contribution is 2.32. The molecule has 0 unspecified atom stereocenters. The summed E-state index contributed by atoms with van der Waals surface area (Å²) in [5.74, 6) is 0. The molecular formula is C17H15BrClNO2. The fraction of sp³-hybridized carbons (Fsp3) is 0.235. The van der Waals surface area contributed by atoms with Crippen LogP contribution < -0.4 is 0 Å². The molecule has 2 aromatic carbocycles. The first kappa shape index (κ1) is 15.4. The molecule has 0 N–H and O–H groups in total. The van der Waals surface area contributed by atoms with Gasteiger partial charge in [0, 0.05) is 11.0 Å². The molecule has 0 atom stereocenters. The van der Waals surface area contributed by atoms with Crippen LogP contribution in [0.3, 0.4) is 0 Å². The lowest BCUT2D eigenvalue weighted by Crippen LogP contribution is -2.36. The molecule has 0 bridgehead atoms. The van der Waals surface area contributed by atoms with Crippen LogP contribution in [-0.4, -0.2) is 17.5 Å². The Kier molecular flexibility index (Phi) is 4.69. The number of rotatable bonds is 2. The first-order chi connectivity index (χ1) is 10.6. The highest BCUT2D eigenvalue weighted by Gasteiger charge is 2.24. The lowest BCUT2D eigenvalue weighted by molar-refractivity contribution is 0.0919. The maximum atomic E-state index is 12.2. The van der Waals surface area contributed by atoms with Crippen LogP contribution in [0.2, 0.25) is 5.02 Å². The minimum Gasteiger partial charge on any atom is -0.445 e. The molecule has 2 aromatic rings. The molecule has 0 spiro atoms. The zero-order valence-corrected chi connectivity index (χ0v) is 14.2. The number of carbonyl (C=O) groups is 1. The van der Waals surface area contributed by atoms with Crippen molar-refractivity contribution in [2.24, 2.45) is 0 Å². The van der Waals surface area contributed by atoms with Crippen LogP contribution in [0, 0.1) is 0 Å². The summed E-state index contributed by atoms with van der Waals surface area (Å²) in [5, 5.41) is 0.679. The predicted molar refractivity (Wildman–Crippen MR) is 89.9 cm³/mol. The van der Waals surface area contributed by atoms with Crippen LogP contribution in [-0.2, 0) is 24.3 Å². The van der Waals surface area contributed by atoms with E-state index in [-0.39, 0.29) is 12.7 Å². The lowest BCUT2D eigenvalue weighted by atomic mass is 10.0. The number of benzene rings is 2. The molecule has 1 amide bonds. The van der Waals surface area contributed by atoms with E-state index in [1.54, 1.807) is 4.90 Å². The van der Waals surface area contributed by atoms with Crippen molar-refractivity contribution in [3.63, 3.8) is 0 Å². The van der Waals surface area contributed by atoms with E-state index in [1.807, 2.05) is 36.4 Å². The van der Waals surface area contributed by atoms with Crippen LogP contribution in [0.15, 0.2) is 46.9 Å². The largest absolute Gasteiger partial charge is 0.445 e. The van der Waals surface area contributed by atoms with Gasteiger partial charge in [0.05, 0.1) is 11.6 Å². The van der Waals surface area contributed by atoms with Crippen LogP contribution in [0.25, 0.3) is 0 Å². The second kappa shape index (κ2) is 6.71. The zero-order chi connectivity index (χ0) is 15.5. The van der Waals surface area contributed by atoms with Crippen LogP contribution >= 0.6 is 27.5 Å². The lowest BCUT2D eigenvalue weighted by Gasteiger charge is -2.29. The highest BCUT2D eigenvalue weighted by molar-refractivity contribution is 9.10. The van der Waals surface area contributed by atoms with Gasteiger partial charge in [-0.1, -0.05) is 48.0 Å². The van der Waals surface area contributed by atoms with Crippen molar-refractivity contribution >= 4 is 33.6 Å². The van der Waals surface area contributed by atoms with Crippen molar-refractivity contribution in [1.29, 1.82) is 0 Å². The topological polar surface area (TPSA) is 29.5 Å². The molecule has 3 nitrogen and oxygen atoms in total. The van der Waals surface area contributed by atoms with Gasteiger partial charge in [-0.3, -0.25) is 0 Å².